The van der Waals surface area contributed by atoms with Crippen molar-refractivity contribution in [2.24, 2.45) is 4.99 Å². The van der Waals surface area contributed by atoms with Crippen LogP contribution in [0.15, 0.2) is 65.7 Å². The highest BCUT2D eigenvalue weighted by Crippen LogP contribution is 2.12. The number of hydrogen-bond acceptors (Lipinski definition) is 1. The van der Waals surface area contributed by atoms with Crippen molar-refractivity contribution in [2.45, 2.75) is 24.3 Å². The highest BCUT2D eigenvalue weighted by Gasteiger charge is 1.95. The second-order valence-electron chi connectivity index (χ2n) is 5.13. The van der Waals surface area contributed by atoms with Crippen LogP contribution in [0.4, 0.5) is 5.69 Å². The standard InChI is InChI=1S/C14H13N.3CH3.Al/c1-12(13-8-4-2-5-9-13)15-14-10-6-3-7-11-14;;;;/h2-11H,1H3;3*1H3;. The molecule has 0 N–H and O–H groups in total. The van der Waals surface area contributed by atoms with E-state index in [0.29, 0.717) is 0 Å². The topological polar surface area (TPSA) is 12.4 Å². The Morgan fingerprint density at radius 3 is 1.68 bits per heavy atom. The highest BCUT2D eigenvalue weighted by atomic mass is 27.2. The van der Waals surface area contributed by atoms with Gasteiger partial charge in [0.05, 0.1) is 5.69 Å². The minimum atomic E-state index is -0.139. The summed E-state index contributed by atoms with van der Waals surface area (Å²) in [5, 5.41) is 0. The van der Waals surface area contributed by atoms with Crippen LogP contribution in [0.1, 0.15) is 12.5 Å². The number of benzene rings is 2. The quantitative estimate of drug-likeness (QED) is 0.524. The lowest BCUT2D eigenvalue weighted by Gasteiger charge is -2.00. The van der Waals surface area contributed by atoms with E-state index in [4.69, 9.17) is 0 Å². The van der Waals surface area contributed by atoms with Crippen molar-refractivity contribution in [3.05, 3.63) is 66.2 Å². The molecule has 2 aromatic carbocycles. The second-order valence-corrected chi connectivity index (χ2v) is 8.59. The van der Waals surface area contributed by atoms with Gasteiger partial charge in [-0.25, -0.2) is 0 Å². The first-order chi connectivity index (χ1) is 9.09. The van der Waals surface area contributed by atoms with Crippen molar-refractivity contribution in [1.82, 2.24) is 0 Å². The Morgan fingerprint density at radius 1 is 0.789 bits per heavy atom. The predicted octanol–water partition coefficient (Wildman–Crippen LogP) is 5.20. The summed E-state index contributed by atoms with van der Waals surface area (Å²) in [7, 11) is 0. The number of nitrogens with zero attached hydrogens (tertiary/aromatic N) is 1. The van der Waals surface area contributed by atoms with E-state index < -0.39 is 0 Å². The van der Waals surface area contributed by atoms with Crippen LogP contribution in [0, 0.1) is 0 Å². The van der Waals surface area contributed by atoms with Crippen LogP contribution in [-0.2, 0) is 0 Å². The van der Waals surface area contributed by atoms with Crippen LogP contribution in [0.2, 0.25) is 17.4 Å². The minimum Gasteiger partial charge on any atom is -0.253 e. The summed E-state index contributed by atoms with van der Waals surface area (Å²) in [6.07, 6.45) is 0. The molecule has 0 aliphatic heterocycles. The van der Waals surface area contributed by atoms with Gasteiger partial charge in [0.25, 0.3) is 14.1 Å². The summed E-state index contributed by atoms with van der Waals surface area (Å²) in [6, 6.07) is 20.2. The third kappa shape index (κ3) is 6.96. The normalized spacial score (nSPS) is 10.4. The van der Waals surface area contributed by atoms with Gasteiger partial charge in [-0.2, -0.15) is 0 Å². The first-order valence-corrected chi connectivity index (χ1v) is 10.2. The summed E-state index contributed by atoms with van der Waals surface area (Å²) in [4.78, 5) is 4.55. The molecule has 1 nitrogen and oxygen atoms in total. The van der Waals surface area contributed by atoms with Gasteiger partial charge in [0.1, 0.15) is 0 Å². The molecule has 0 bridgehead atoms. The van der Waals surface area contributed by atoms with Gasteiger partial charge in [0, 0.05) is 5.71 Å². The first kappa shape index (κ1) is 15.7. The third-order valence-corrected chi connectivity index (χ3v) is 2.24. The average molecular weight is 267 g/mol. The van der Waals surface area contributed by atoms with Gasteiger partial charge in [0.2, 0.25) is 0 Å². The number of hydrogen-bond donors (Lipinski definition) is 0. The lowest BCUT2D eigenvalue weighted by molar-refractivity contribution is 1.48. The van der Waals surface area contributed by atoms with Gasteiger partial charge >= 0.3 is 0 Å². The lowest BCUT2D eigenvalue weighted by atomic mass is 10.1. The van der Waals surface area contributed by atoms with Crippen molar-refractivity contribution in [3.8, 4) is 0 Å². The van der Waals surface area contributed by atoms with Gasteiger partial charge in [0.15, 0.2) is 0 Å². The number of para-hydroxylation sites is 1. The largest absolute Gasteiger partial charge is 0.253 e. The van der Waals surface area contributed by atoms with Gasteiger partial charge < -0.3 is 0 Å². The van der Waals surface area contributed by atoms with E-state index in [1.807, 2.05) is 55.5 Å². The van der Waals surface area contributed by atoms with E-state index in [1.54, 1.807) is 0 Å². The Labute approximate surface area is 121 Å². The van der Waals surface area contributed by atoms with Crippen molar-refractivity contribution >= 4 is 25.5 Å². The Morgan fingerprint density at radius 2 is 1.21 bits per heavy atom. The van der Waals surface area contributed by atoms with Crippen LogP contribution in [0.25, 0.3) is 0 Å². The van der Waals surface area contributed by atoms with Gasteiger partial charge in [-0.05, 0) is 24.6 Å². The summed E-state index contributed by atoms with van der Waals surface area (Å²) >= 11 is -0.139. The number of rotatable bonds is 2. The molecule has 0 fully saturated rings. The molecule has 0 spiro atoms. The zero-order chi connectivity index (χ0) is 14.1. The molecule has 0 aromatic heterocycles. The van der Waals surface area contributed by atoms with E-state index in [0.717, 1.165) is 11.4 Å². The Kier molecular flexibility index (Phi) is 7.18. The molecule has 19 heavy (non-hydrogen) atoms. The molecule has 98 valence electrons. The molecular formula is C17H22AlN. The van der Waals surface area contributed by atoms with Gasteiger partial charge in [-0.3, -0.25) is 4.99 Å². The summed E-state index contributed by atoms with van der Waals surface area (Å²) in [5.74, 6) is 6.92. The second kappa shape index (κ2) is 8.69. The van der Waals surface area contributed by atoms with Gasteiger partial charge in [-0.15, -0.1) is 17.4 Å². The van der Waals surface area contributed by atoms with Crippen LogP contribution < -0.4 is 0 Å². The Bertz CT molecular complexity index is 486. The molecule has 0 saturated carbocycles. The van der Waals surface area contributed by atoms with Crippen molar-refractivity contribution in [2.75, 3.05) is 0 Å². The molecule has 2 rings (SSSR count). The zero-order valence-corrected chi connectivity index (χ0v) is 13.5. The number of aliphatic imine (C=N–C) groups is 1. The Hall–Kier alpha value is -1.36. The molecule has 0 atom stereocenters. The van der Waals surface area contributed by atoms with Gasteiger partial charge in [-0.1, -0.05) is 48.5 Å². The molecule has 0 unspecified atom stereocenters. The molecule has 0 radical (unpaired) electrons. The fraction of sp³-hybridized carbons (Fsp3) is 0.235. The molecule has 0 aliphatic rings. The zero-order valence-electron chi connectivity index (χ0n) is 12.3. The van der Waals surface area contributed by atoms with E-state index in [2.05, 4.69) is 34.5 Å². The van der Waals surface area contributed by atoms with Crippen molar-refractivity contribution < 1.29 is 0 Å². The third-order valence-electron chi connectivity index (χ3n) is 2.24. The lowest BCUT2D eigenvalue weighted by Crippen LogP contribution is -1.92. The summed E-state index contributed by atoms with van der Waals surface area (Å²) in [5.41, 5.74) is 3.21. The predicted molar refractivity (Wildman–Crippen MR) is 88.1 cm³/mol. The van der Waals surface area contributed by atoms with E-state index in [9.17, 15) is 0 Å². The summed E-state index contributed by atoms with van der Waals surface area (Å²) < 4.78 is 0. The van der Waals surface area contributed by atoms with E-state index >= 15 is 0 Å². The fourth-order valence-electron chi connectivity index (χ4n) is 1.44. The van der Waals surface area contributed by atoms with Crippen LogP contribution >= 0.6 is 0 Å². The molecule has 0 heterocycles. The van der Waals surface area contributed by atoms with Crippen LogP contribution in [0.3, 0.4) is 0 Å². The monoisotopic (exact) mass is 267 g/mol. The van der Waals surface area contributed by atoms with Crippen molar-refractivity contribution in [3.63, 3.8) is 0 Å². The fourth-order valence-corrected chi connectivity index (χ4v) is 1.44. The Balaban J connectivity index is 0.000000399. The maximum absolute atomic E-state index is 4.55. The molecule has 2 aromatic rings. The molecule has 2 heteroatoms. The first-order valence-electron chi connectivity index (χ1n) is 6.75. The molecular weight excluding hydrogens is 245 g/mol. The average Bonchev–Trinajstić information content (AvgIpc) is 2.40. The molecule has 0 amide bonds. The van der Waals surface area contributed by atoms with Crippen LogP contribution in [-0.4, -0.2) is 19.9 Å². The maximum atomic E-state index is 4.55. The molecule has 0 saturated heterocycles. The van der Waals surface area contributed by atoms with Crippen molar-refractivity contribution in [1.29, 1.82) is 0 Å². The van der Waals surface area contributed by atoms with Crippen LogP contribution in [0.5, 0.6) is 0 Å². The van der Waals surface area contributed by atoms with E-state index in [1.165, 1.54) is 5.56 Å². The van der Waals surface area contributed by atoms with E-state index in [-0.39, 0.29) is 14.1 Å². The molecule has 0 aliphatic carbocycles. The maximum Gasteiger partial charge on any atom is 0.251 e. The minimum absolute atomic E-state index is 0.139. The smallest absolute Gasteiger partial charge is 0.251 e. The highest BCUT2D eigenvalue weighted by molar-refractivity contribution is 6.54. The summed E-state index contributed by atoms with van der Waals surface area (Å²) in [6.45, 7) is 2.03. The SMILES string of the molecule is CC(=Nc1ccccc1)c1ccccc1.[CH3][Al]([CH3])[CH3].